The number of nitrogens with zero attached hydrogens (tertiary/aromatic N) is 4. The second-order valence-electron chi connectivity index (χ2n) is 5.97. The summed E-state index contributed by atoms with van der Waals surface area (Å²) in [4.78, 5) is 13.6. The molecule has 110 valence electrons. The van der Waals surface area contributed by atoms with Crippen molar-refractivity contribution in [3.63, 3.8) is 0 Å². The van der Waals surface area contributed by atoms with Crippen LogP contribution in [0.5, 0.6) is 0 Å². The first-order chi connectivity index (χ1) is 9.70. The normalized spacial score (nSPS) is 23.6. The summed E-state index contributed by atoms with van der Waals surface area (Å²) >= 11 is 0. The third-order valence-electron chi connectivity index (χ3n) is 4.84. The van der Waals surface area contributed by atoms with Crippen molar-refractivity contribution < 1.29 is 4.79 Å². The van der Waals surface area contributed by atoms with Gasteiger partial charge < -0.3 is 10.6 Å². The van der Waals surface area contributed by atoms with Gasteiger partial charge in [0.15, 0.2) is 0 Å². The van der Waals surface area contributed by atoms with E-state index in [-0.39, 0.29) is 5.82 Å². The van der Waals surface area contributed by atoms with E-state index < -0.39 is 5.91 Å². The van der Waals surface area contributed by atoms with Crippen molar-refractivity contribution in [2.45, 2.75) is 45.6 Å². The number of carbonyl (C=O) groups is 1. The summed E-state index contributed by atoms with van der Waals surface area (Å²) in [5.41, 5.74) is 5.35. The second kappa shape index (κ2) is 5.42. The van der Waals surface area contributed by atoms with Crippen molar-refractivity contribution in [2.24, 2.45) is 17.6 Å². The fourth-order valence-corrected chi connectivity index (χ4v) is 3.78. The third kappa shape index (κ3) is 2.27. The first-order valence-corrected chi connectivity index (χ1v) is 7.68. The van der Waals surface area contributed by atoms with Gasteiger partial charge in [-0.1, -0.05) is 25.7 Å². The van der Waals surface area contributed by atoms with Gasteiger partial charge in [0.25, 0.3) is 5.91 Å². The first-order valence-electron chi connectivity index (χ1n) is 7.68. The molecule has 2 aliphatic rings. The van der Waals surface area contributed by atoms with Crippen LogP contribution in [0.2, 0.25) is 0 Å². The van der Waals surface area contributed by atoms with Gasteiger partial charge in [0, 0.05) is 19.6 Å². The summed E-state index contributed by atoms with van der Waals surface area (Å²) in [7, 11) is 0. The van der Waals surface area contributed by atoms with Gasteiger partial charge in [-0.25, -0.2) is 0 Å². The van der Waals surface area contributed by atoms with E-state index in [2.05, 4.69) is 15.1 Å². The lowest BCUT2D eigenvalue weighted by Gasteiger charge is -2.20. The van der Waals surface area contributed by atoms with E-state index >= 15 is 0 Å². The second-order valence-corrected chi connectivity index (χ2v) is 5.97. The number of aromatic nitrogens is 3. The van der Waals surface area contributed by atoms with Gasteiger partial charge in [-0.05, 0) is 25.2 Å². The molecule has 2 fully saturated rings. The van der Waals surface area contributed by atoms with Gasteiger partial charge in [0.2, 0.25) is 11.8 Å². The molecule has 1 unspecified atom stereocenters. The Morgan fingerprint density at radius 3 is 2.65 bits per heavy atom. The highest BCUT2D eigenvalue weighted by Crippen LogP contribution is 2.37. The summed E-state index contributed by atoms with van der Waals surface area (Å²) < 4.78 is 1.83. The topological polar surface area (TPSA) is 77.0 Å². The van der Waals surface area contributed by atoms with E-state index in [1.165, 1.54) is 32.1 Å². The number of primary amides is 1. The van der Waals surface area contributed by atoms with Crippen molar-refractivity contribution in [3.8, 4) is 0 Å². The smallest absolute Gasteiger partial charge is 0.286 e. The quantitative estimate of drug-likeness (QED) is 0.902. The Bertz CT molecular complexity index is 492. The van der Waals surface area contributed by atoms with Crippen molar-refractivity contribution in [2.75, 3.05) is 18.0 Å². The Morgan fingerprint density at radius 2 is 2.00 bits per heavy atom. The highest BCUT2D eigenvalue weighted by molar-refractivity contribution is 5.89. The molecule has 0 spiro atoms. The Morgan fingerprint density at radius 1 is 1.25 bits per heavy atom. The van der Waals surface area contributed by atoms with Crippen LogP contribution in [-0.4, -0.2) is 33.8 Å². The van der Waals surface area contributed by atoms with Crippen LogP contribution in [-0.2, 0) is 6.54 Å². The maximum atomic E-state index is 11.4. The zero-order valence-corrected chi connectivity index (χ0v) is 12.1. The number of hydrogen-bond donors (Lipinski definition) is 1. The van der Waals surface area contributed by atoms with Crippen LogP contribution in [0.3, 0.4) is 0 Å². The average Bonchev–Trinajstić information content (AvgIpc) is 3.16. The van der Waals surface area contributed by atoms with Crippen LogP contribution in [0.4, 0.5) is 5.95 Å². The largest absolute Gasteiger partial charge is 0.363 e. The lowest BCUT2D eigenvalue weighted by atomic mass is 9.90. The van der Waals surface area contributed by atoms with Crippen LogP contribution in [0.15, 0.2) is 0 Å². The van der Waals surface area contributed by atoms with Gasteiger partial charge in [-0.3, -0.25) is 9.36 Å². The molecule has 20 heavy (non-hydrogen) atoms. The maximum Gasteiger partial charge on any atom is 0.286 e. The fourth-order valence-electron chi connectivity index (χ4n) is 3.78. The van der Waals surface area contributed by atoms with E-state index in [1.54, 1.807) is 0 Å². The van der Waals surface area contributed by atoms with E-state index in [4.69, 9.17) is 5.73 Å². The Balaban J connectivity index is 1.75. The highest BCUT2D eigenvalue weighted by Gasteiger charge is 2.33. The van der Waals surface area contributed by atoms with Gasteiger partial charge in [-0.15, -0.1) is 10.2 Å². The molecule has 1 amide bonds. The van der Waals surface area contributed by atoms with Gasteiger partial charge in [0.05, 0.1) is 0 Å². The Kier molecular flexibility index (Phi) is 3.63. The van der Waals surface area contributed by atoms with Crippen LogP contribution in [0, 0.1) is 11.8 Å². The summed E-state index contributed by atoms with van der Waals surface area (Å²) in [5, 5.41) is 8.14. The van der Waals surface area contributed by atoms with Gasteiger partial charge >= 0.3 is 0 Å². The third-order valence-corrected chi connectivity index (χ3v) is 4.84. The highest BCUT2D eigenvalue weighted by atomic mass is 16.1. The molecule has 1 saturated carbocycles. The molecule has 1 atom stereocenters. The summed E-state index contributed by atoms with van der Waals surface area (Å²) in [6, 6.07) is 0. The van der Waals surface area contributed by atoms with E-state index in [9.17, 15) is 4.79 Å². The summed E-state index contributed by atoms with van der Waals surface area (Å²) in [6.07, 6.45) is 6.76. The lowest BCUT2D eigenvalue weighted by molar-refractivity contribution is 0.0986. The average molecular weight is 277 g/mol. The molecule has 1 aromatic heterocycles. The van der Waals surface area contributed by atoms with Crippen LogP contribution in [0.25, 0.3) is 0 Å². The maximum absolute atomic E-state index is 11.4. The minimum atomic E-state index is -0.503. The molecule has 2 N–H and O–H groups in total. The van der Waals surface area contributed by atoms with E-state index in [0.29, 0.717) is 6.54 Å². The molecule has 1 aromatic rings. The van der Waals surface area contributed by atoms with Gasteiger partial charge in [-0.2, -0.15) is 0 Å². The molecule has 2 heterocycles. The number of nitrogens with two attached hydrogens (primary N) is 1. The summed E-state index contributed by atoms with van der Waals surface area (Å²) in [6.45, 7) is 4.72. The molecule has 0 radical (unpaired) electrons. The van der Waals surface area contributed by atoms with Crippen molar-refractivity contribution in [1.29, 1.82) is 0 Å². The molecule has 0 bridgehead atoms. The van der Waals surface area contributed by atoms with Gasteiger partial charge in [0.1, 0.15) is 0 Å². The van der Waals surface area contributed by atoms with Crippen LogP contribution >= 0.6 is 0 Å². The Labute approximate surface area is 119 Å². The standard InChI is InChI=1S/C14H23N5O/c1-2-19-13(12(15)20)16-17-14(19)18-8-7-11(9-18)10-5-3-4-6-10/h10-11H,2-9H2,1H3,(H2,15,20). The minimum Gasteiger partial charge on any atom is -0.363 e. The monoisotopic (exact) mass is 277 g/mol. The molecule has 1 aliphatic heterocycles. The summed E-state index contributed by atoms with van der Waals surface area (Å²) in [5.74, 6) is 2.23. The zero-order valence-electron chi connectivity index (χ0n) is 12.1. The van der Waals surface area contributed by atoms with E-state index in [1.807, 2.05) is 11.5 Å². The molecule has 6 heteroatoms. The van der Waals surface area contributed by atoms with Crippen LogP contribution in [0.1, 0.15) is 49.6 Å². The lowest BCUT2D eigenvalue weighted by Crippen LogP contribution is -2.26. The van der Waals surface area contributed by atoms with Crippen LogP contribution < -0.4 is 10.6 Å². The molecule has 6 nitrogen and oxygen atoms in total. The minimum absolute atomic E-state index is 0.270. The SMILES string of the molecule is CCn1c(C(N)=O)nnc1N1CCC(C2CCCC2)C1. The first kappa shape index (κ1) is 13.4. The molecule has 1 aliphatic carbocycles. The van der Waals surface area contributed by atoms with Crippen molar-refractivity contribution in [1.82, 2.24) is 14.8 Å². The van der Waals surface area contributed by atoms with E-state index in [0.717, 1.165) is 30.9 Å². The molecule has 1 saturated heterocycles. The molecule has 0 aromatic carbocycles. The molecular formula is C14H23N5O. The molecular weight excluding hydrogens is 254 g/mol. The Hall–Kier alpha value is -1.59. The zero-order chi connectivity index (χ0) is 14.1. The number of hydrogen-bond acceptors (Lipinski definition) is 4. The number of carbonyl (C=O) groups excluding carboxylic acids is 1. The predicted octanol–water partition coefficient (Wildman–Crippen LogP) is 1.41. The predicted molar refractivity (Wildman–Crippen MR) is 76.5 cm³/mol. The fraction of sp³-hybridized carbons (Fsp3) is 0.786. The van der Waals surface area contributed by atoms with Crippen molar-refractivity contribution in [3.05, 3.63) is 5.82 Å². The number of rotatable bonds is 4. The molecule has 3 rings (SSSR count). The van der Waals surface area contributed by atoms with Crippen molar-refractivity contribution >= 4 is 11.9 Å². The number of anilines is 1. The number of amides is 1.